The van der Waals surface area contributed by atoms with Crippen LogP contribution in [-0.4, -0.2) is 61.4 Å². The molecule has 3 aliphatic rings. The highest BCUT2D eigenvalue weighted by Gasteiger charge is 2.46. The zero-order chi connectivity index (χ0) is 23.9. The molecule has 186 valence electrons. The molecule has 0 radical (unpaired) electrons. The Morgan fingerprint density at radius 2 is 2.00 bits per heavy atom. The maximum absolute atomic E-state index is 14.3. The largest absolute Gasteiger partial charge is 0.455 e. The zero-order valence-electron chi connectivity index (χ0n) is 19.0. The molecule has 2 fully saturated rings. The number of amides is 1. The molecule has 11 heteroatoms. The van der Waals surface area contributed by atoms with Crippen LogP contribution >= 0.6 is 0 Å². The first-order chi connectivity index (χ1) is 16.3. The van der Waals surface area contributed by atoms with Gasteiger partial charge in [-0.25, -0.2) is 0 Å². The van der Waals surface area contributed by atoms with E-state index in [1.165, 1.54) is 0 Å². The van der Waals surface area contributed by atoms with Crippen LogP contribution < -0.4 is 5.32 Å². The molecule has 34 heavy (non-hydrogen) atoms. The first kappa shape index (κ1) is 23.4. The molecule has 0 aromatic carbocycles. The molecule has 4 heterocycles. The Kier molecular flexibility index (Phi) is 6.43. The molecular formula is C23H28F3N3O5. The van der Waals surface area contributed by atoms with Gasteiger partial charge in [-0.2, -0.15) is 18.3 Å². The van der Waals surface area contributed by atoms with Gasteiger partial charge in [-0.05, 0) is 24.7 Å². The third-order valence-electron chi connectivity index (χ3n) is 6.68. The van der Waals surface area contributed by atoms with Crippen LogP contribution in [0.25, 0.3) is 11.3 Å². The summed E-state index contributed by atoms with van der Waals surface area (Å²) in [6, 6.07) is 0. The van der Waals surface area contributed by atoms with Gasteiger partial charge in [0.25, 0.3) is 5.91 Å². The molecule has 0 saturated carbocycles. The summed E-state index contributed by atoms with van der Waals surface area (Å²) in [5, 5.41) is 7.06. The molecule has 1 amide bonds. The van der Waals surface area contributed by atoms with Crippen molar-refractivity contribution in [1.29, 1.82) is 0 Å². The highest BCUT2D eigenvalue weighted by atomic mass is 19.4. The van der Waals surface area contributed by atoms with Gasteiger partial charge >= 0.3 is 6.18 Å². The van der Waals surface area contributed by atoms with Crippen molar-refractivity contribution in [3.8, 4) is 11.3 Å². The molecule has 8 nitrogen and oxygen atoms in total. The van der Waals surface area contributed by atoms with Crippen molar-refractivity contribution in [2.24, 2.45) is 5.92 Å². The van der Waals surface area contributed by atoms with Crippen molar-refractivity contribution in [2.75, 3.05) is 39.6 Å². The van der Waals surface area contributed by atoms with Gasteiger partial charge in [0.05, 0.1) is 37.2 Å². The number of furan rings is 1. The highest BCUT2D eigenvalue weighted by Crippen LogP contribution is 2.48. The molecular weight excluding hydrogens is 455 g/mol. The molecule has 2 atom stereocenters. The van der Waals surface area contributed by atoms with E-state index in [0.29, 0.717) is 38.9 Å². The Morgan fingerprint density at radius 1 is 1.21 bits per heavy atom. The minimum absolute atomic E-state index is 0.0306. The third kappa shape index (κ3) is 4.60. The summed E-state index contributed by atoms with van der Waals surface area (Å²) in [7, 11) is 0. The van der Waals surface area contributed by atoms with Gasteiger partial charge in [0.1, 0.15) is 11.3 Å². The van der Waals surface area contributed by atoms with Crippen molar-refractivity contribution in [2.45, 2.75) is 50.9 Å². The summed E-state index contributed by atoms with van der Waals surface area (Å²) in [6.07, 6.45) is -1.30. The normalized spacial score (nSPS) is 23.4. The molecule has 2 saturated heterocycles. The fourth-order valence-corrected chi connectivity index (χ4v) is 4.91. The number of carbonyl (C=O) groups excluding carboxylic acids is 1. The van der Waals surface area contributed by atoms with Crippen molar-refractivity contribution < 1.29 is 36.6 Å². The molecule has 2 aromatic heterocycles. The van der Waals surface area contributed by atoms with E-state index in [2.05, 4.69) is 10.4 Å². The summed E-state index contributed by atoms with van der Waals surface area (Å²) >= 11 is 0. The predicted octanol–water partition coefficient (Wildman–Crippen LogP) is 3.39. The average Bonchev–Trinajstić information content (AvgIpc) is 3.41. The lowest BCUT2D eigenvalue weighted by atomic mass is 9.86. The van der Waals surface area contributed by atoms with E-state index in [9.17, 15) is 18.0 Å². The molecule has 2 aromatic rings. The van der Waals surface area contributed by atoms with Crippen LogP contribution in [0.3, 0.4) is 0 Å². The van der Waals surface area contributed by atoms with Crippen molar-refractivity contribution in [3.05, 3.63) is 28.8 Å². The second kappa shape index (κ2) is 9.35. The van der Waals surface area contributed by atoms with Crippen LogP contribution in [0.5, 0.6) is 0 Å². The number of rotatable bonds is 5. The van der Waals surface area contributed by atoms with Gasteiger partial charge in [0.2, 0.25) is 5.76 Å². The Morgan fingerprint density at radius 3 is 2.71 bits per heavy atom. The average molecular weight is 483 g/mol. The summed E-state index contributed by atoms with van der Waals surface area (Å²) < 4.78 is 66.2. The van der Waals surface area contributed by atoms with E-state index >= 15 is 0 Å². The number of ether oxygens (including phenoxy) is 3. The fourth-order valence-electron chi connectivity index (χ4n) is 4.91. The lowest BCUT2D eigenvalue weighted by molar-refractivity contribution is -0.137. The monoisotopic (exact) mass is 483 g/mol. The topological polar surface area (TPSA) is 87.8 Å². The Bertz CT molecular complexity index is 1040. The lowest BCUT2D eigenvalue weighted by Crippen LogP contribution is -2.40. The molecule has 0 unspecified atom stereocenters. The first-order valence-corrected chi connectivity index (χ1v) is 11.7. The van der Waals surface area contributed by atoms with Gasteiger partial charge in [-0.1, -0.05) is 6.92 Å². The lowest BCUT2D eigenvalue weighted by Gasteiger charge is -2.23. The van der Waals surface area contributed by atoms with Gasteiger partial charge in [-0.15, -0.1) is 0 Å². The standard InChI is InChI=1S/C23H28F3N3O5/c1-13-8-17-18(20-16(13)11-29(28-20)10-14-2-4-31-5-3-14)19(23(24,25)26)21(34-17)22(30)27-9-15-12-32-6-7-33-15/h11,13-15H,2-10,12H2,1H3,(H,27,30)/t13-,15+/m0/s1. The summed E-state index contributed by atoms with van der Waals surface area (Å²) in [4.78, 5) is 12.8. The van der Waals surface area contributed by atoms with Crippen LogP contribution in [0.4, 0.5) is 13.2 Å². The summed E-state index contributed by atoms with van der Waals surface area (Å²) in [6.45, 7) is 5.04. The van der Waals surface area contributed by atoms with E-state index in [1.807, 2.05) is 13.1 Å². The van der Waals surface area contributed by atoms with Gasteiger partial charge in [-0.3, -0.25) is 9.48 Å². The number of hydrogen-bond donors (Lipinski definition) is 1. The number of fused-ring (bicyclic) bond motifs is 3. The quantitative estimate of drug-likeness (QED) is 0.702. The number of hydrogen-bond acceptors (Lipinski definition) is 6. The van der Waals surface area contributed by atoms with Crippen molar-refractivity contribution >= 4 is 5.91 Å². The molecule has 1 N–H and O–H groups in total. The summed E-state index contributed by atoms with van der Waals surface area (Å²) in [5.74, 6) is -1.23. The van der Waals surface area contributed by atoms with Gasteiger partial charge in [0.15, 0.2) is 0 Å². The number of halogens is 3. The second-order valence-corrected chi connectivity index (χ2v) is 9.20. The van der Waals surface area contributed by atoms with Gasteiger partial charge in [0, 0.05) is 44.5 Å². The van der Waals surface area contributed by atoms with E-state index in [4.69, 9.17) is 18.6 Å². The van der Waals surface area contributed by atoms with E-state index in [0.717, 1.165) is 18.4 Å². The van der Waals surface area contributed by atoms with Crippen LogP contribution in [0.1, 0.15) is 53.1 Å². The number of nitrogens with one attached hydrogen (secondary N) is 1. The minimum atomic E-state index is -4.78. The number of carbonyl (C=O) groups is 1. The van der Waals surface area contributed by atoms with Crippen LogP contribution in [0.2, 0.25) is 0 Å². The molecule has 0 spiro atoms. The Balaban J connectivity index is 1.45. The maximum atomic E-state index is 14.3. The van der Waals surface area contributed by atoms with Gasteiger partial charge < -0.3 is 23.9 Å². The van der Waals surface area contributed by atoms with E-state index in [1.54, 1.807) is 4.68 Å². The smallest absolute Gasteiger partial charge is 0.420 e. The van der Waals surface area contributed by atoms with E-state index in [-0.39, 0.29) is 42.5 Å². The number of nitrogens with zero attached hydrogens (tertiary/aromatic N) is 2. The minimum Gasteiger partial charge on any atom is -0.455 e. The van der Waals surface area contributed by atoms with Crippen LogP contribution in [0.15, 0.2) is 10.6 Å². The van der Waals surface area contributed by atoms with Crippen molar-refractivity contribution in [3.63, 3.8) is 0 Å². The Hall–Kier alpha value is -2.37. The van der Waals surface area contributed by atoms with E-state index < -0.39 is 29.5 Å². The molecule has 2 aliphatic heterocycles. The Labute approximate surface area is 194 Å². The molecule has 1 aliphatic carbocycles. The maximum Gasteiger partial charge on any atom is 0.420 e. The van der Waals surface area contributed by atoms with Crippen LogP contribution in [0, 0.1) is 5.92 Å². The predicted molar refractivity (Wildman–Crippen MR) is 113 cm³/mol. The fraction of sp³-hybridized carbons (Fsp3) is 0.652. The SMILES string of the molecule is C[C@H]1Cc2oc(C(=O)NC[C@@H]3COCCO3)c(C(F)(F)F)c2-c2nn(CC3CCOCC3)cc21. The first-order valence-electron chi connectivity index (χ1n) is 11.7. The molecule has 5 rings (SSSR count). The number of alkyl halides is 3. The highest BCUT2D eigenvalue weighted by molar-refractivity contribution is 5.96. The second-order valence-electron chi connectivity index (χ2n) is 9.20. The summed E-state index contributed by atoms with van der Waals surface area (Å²) in [5.41, 5.74) is -0.190. The number of aromatic nitrogens is 2. The molecule has 0 bridgehead atoms. The zero-order valence-corrected chi connectivity index (χ0v) is 19.0. The van der Waals surface area contributed by atoms with Crippen LogP contribution in [-0.2, 0) is 33.4 Å². The van der Waals surface area contributed by atoms with Crippen molar-refractivity contribution in [1.82, 2.24) is 15.1 Å². The third-order valence-corrected chi connectivity index (χ3v) is 6.68.